The SMILES string of the molecule is Cc1cc(COCc2cc(C)cc(CP3(=O)Oc4ccccc4-c4ccccc43)c2O)c(O)c(CP2(=O)Oc3ccccc3-c3ccccc32)c1. The smallest absolute Gasteiger partial charge is 0.282 e. The molecule has 2 N–H and O–H groups in total. The Morgan fingerprint density at radius 2 is 0.863 bits per heavy atom. The Balaban J connectivity index is 1.02. The number of benzene rings is 6. The van der Waals surface area contributed by atoms with Crippen molar-refractivity contribution in [3.63, 3.8) is 0 Å². The summed E-state index contributed by atoms with van der Waals surface area (Å²) >= 11 is 0. The van der Waals surface area contributed by atoms with Crippen molar-refractivity contribution in [1.29, 1.82) is 0 Å². The summed E-state index contributed by atoms with van der Waals surface area (Å²) in [6.07, 6.45) is 0.0211. The van der Waals surface area contributed by atoms with Gasteiger partial charge in [0.2, 0.25) is 0 Å². The van der Waals surface area contributed by atoms with Crippen LogP contribution in [0.2, 0.25) is 0 Å². The summed E-state index contributed by atoms with van der Waals surface area (Å²) in [4.78, 5) is 0. The Bertz CT molecular complexity index is 2270. The molecule has 0 fully saturated rings. The number of hydrogen-bond donors (Lipinski definition) is 2. The van der Waals surface area contributed by atoms with Crippen LogP contribution in [0.3, 0.4) is 0 Å². The van der Waals surface area contributed by atoms with Crippen LogP contribution >= 0.6 is 14.7 Å². The fourth-order valence-electron chi connectivity index (χ4n) is 7.23. The summed E-state index contributed by atoms with van der Waals surface area (Å²) in [5, 5.41) is 24.2. The third kappa shape index (κ3) is 6.06. The highest BCUT2D eigenvalue weighted by molar-refractivity contribution is 7.67. The molecule has 256 valence electrons. The molecule has 6 aromatic rings. The average molecular weight is 715 g/mol. The molecule has 51 heavy (non-hydrogen) atoms. The molecule has 7 nitrogen and oxygen atoms in total. The van der Waals surface area contributed by atoms with Gasteiger partial charge in [-0.05, 0) is 49.2 Å². The van der Waals surface area contributed by atoms with Crippen LogP contribution in [0.1, 0.15) is 33.4 Å². The van der Waals surface area contributed by atoms with Crippen molar-refractivity contribution in [1.82, 2.24) is 0 Å². The van der Waals surface area contributed by atoms with Gasteiger partial charge in [-0.2, -0.15) is 0 Å². The predicted octanol–water partition coefficient (Wildman–Crippen LogP) is 9.76. The molecule has 2 aliphatic heterocycles. The number of fused-ring (bicyclic) bond motifs is 6. The number of rotatable bonds is 8. The Morgan fingerprint density at radius 1 is 0.510 bits per heavy atom. The Labute approximate surface area is 297 Å². The molecule has 0 saturated carbocycles. The highest BCUT2D eigenvalue weighted by Crippen LogP contribution is 2.59. The van der Waals surface area contributed by atoms with Gasteiger partial charge < -0.3 is 24.0 Å². The van der Waals surface area contributed by atoms with E-state index in [1.54, 1.807) is 0 Å². The first kappa shape index (κ1) is 33.1. The lowest BCUT2D eigenvalue weighted by Crippen LogP contribution is -2.19. The number of hydrogen-bond acceptors (Lipinski definition) is 7. The molecule has 2 aliphatic rings. The second kappa shape index (κ2) is 12.9. The van der Waals surface area contributed by atoms with Gasteiger partial charge in [0.15, 0.2) is 0 Å². The molecular weight excluding hydrogens is 678 g/mol. The van der Waals surface area contributed by atoms with Crippen LogP contribution in [0.5, 0.6) is 23.0 Å². The first-order chi connectivity index (χ1) is 24.6. The number of phenols is 2. The molecule has 0 radical (unpaired) electrons. The topological polar surface area (TPSA) is 102 Å². The van der Waals surface area contributed by atoms with Gasteiger partial charge in [-0.25, -0.2) is 0 Å². The van der Waals surface area contributed by atoms with Crippen LogP contribution in [0.4, 0.5) is 0 Å². The van der Waals surface area contributed by atoms with Crippen LogP contribution in [-0.2, 0) is 39.4 Å². The van der Waals surface area contributed by atoms with E-state index in [-0.39, 0.29) is 37.0 Å². The monoisotopic (exact) mass is 714 g/mol. The second-order valence-corrected chi connectivity index (χ2v) is 17.9. The molecule has 6 aromatic carbocycles. The number of ether oxygens (including phenoxy) is 1. The molecule has 0 amide bonds. The predicted molar refractivity (Wildman–Crippen MR) is 201 cm³/mol. The largest absolute Gasteiger partial charge is 0.507 e. The van der Waals surface area contributed by atoms with E-state index in [4.69, 9.17) is 13.8 Å². The zero-order valence-corrected chi connectivity index (χ0v) is 30.0. The molecule has 0 bridgehead atoms. The van der Waals surface area contributed by atoms with Gasteiger partial charge in [0.25, 0.3) is 14.7 Å². The number of aromatic hydroxyl groups is 2. The molecular formula is C42H36O7P2. The van der Waals surface area contributed by atoms with E-state index in [0.29, 0.717) is 44.4 Å². The van der Waals surface area contributed by atoms with Crippen molar-refractivity contribution in [3.8, 4) is 45.3 Å². The van der Waals surface area contributed by atoms with E-state index in [1.807, 2.05) is 135 Å². The van der Waals surface area contributed by atoms with Crippen LogP contribution in [0.15, 0.2) is 121 Å². The summed E-state index contributed by atoms with van der Waals surface area (Å²) in [5.41, 5.74) is 7.33. The Hall–Kier alpha value is -5.06. The van der Waals surface area contributed by atoms with Crippen molar-refractivity contribution >= 4 is 25.3 Å². The standard InChI is InChI=1S/C42H36O7P2/c1-27-19-29(41(43)31(21-27)25-50(45)39-17-9-5-13-35(39)33-11-3-7-15-37(33)48-50)23-47-24-30-20-28(2)22-32(42(30)44)26-51(46)40-18-10-6-14-36(40)34-12-4-8-16-38(34)49-51/h3-22,43-44H,23-26H2,1-2H3. The highest BCUT2D eigenvalue weighted by Gasteiger charge is 2.38. The van der Waals surface area contributed by atoms with Crippen LogP contribution < -0.4 is 19.7 Å². The molecule has 9 heteroatoms. The first-order valence-corrected chi connectivity index (χ1v) is 20.4. The fraction of sp³-hybridized carbons (Fsp3) is 0.143. The number of aryl methyl sites for hydroxylation is 2. The Kier molecular flexibility index (Phi) is 8.39. The van der Waals surface area contributed by atoms with Gasteiger partial charge in [0.05, 0.1) is 36.1 Å². The summed E-state index contributed by atoms with van der Waals surface area (Å²) in [6, 6.07) is 37.5. The lowest BCUT2D eigenvalue weighted by molar-refractivity contribution is 0.103. The second-order valence-electron chi connectivity index (χ2n) is 13.2. The first-order valence-electron chi connectivity index (χ1n) is 16.8. The zero-order chi connectivity index (χ0) is 35.3. The van der Waals surface area contributed by atoms with Gasteiger partial charge in [0, 0.05) is 33.4 Å². The number of para-hydroxylation sites is 2. The summed E-state index contributed by atoms with van der Waals surface area (Å²) < 4.78 is 47.6. The molecule has 0 spiro atoms. The molecule has 0 aliphatic carbocycles. The Morgan fingerprint density at radius 3 is 1.29 bits per heavy atom. The molecule has 2 unspecified atom stereocenters. The maximum absolute atomic E-state index is 14.5. The van der Waals surface area contributed by atoms with Gasteiger partial charge in [0.1, 0.15) is 23.0 Å². The summed E-state index contributed by atoms with van der Waals surface area (Å²) in [5.74, 6) is 1.11. The molecule has 2 atom stereocenters. The third-order valence-corrected chi connectivity index (χ3v) is 14.2. The van der Waals surface area contributed by atoms with Crippen molar-refractivity contribution in [2.45, 2.75) is 39.4 Å². The van der Waals surface area contributed by atoms with Crippen LogP contribution in [-0.4, -0.2) is 10.2 Å². The van der Waals surface area contributed by atoms with E-state index in [2.05, 4.69) is 0 Å². The minimum atomic E-state index is -3.44. The van der Waals surface area contributed by atoms with Crippen molar-refractivity contribution in [2.24, 2.45) is 0 Å². The third-order valence-electron chi connectivity index (χ3n) is 9.48. The van der Waals surface area contributed by atoms with Crippen molar-refractivity contribution in [3.05, 3.63) is 155 Å². The summed E-state index contributed by atoms with van der Waals surface area (Å²) in [7, 11) is -6.88. The van der Waals surface area contributed by atoms with Crippen LogP contribution in [0, 0.1) is 13.8 Å². The highest BCUT2D eigenvalue weighted by atomic mass is 31.2. The average Bonchev–Trinajstić information content (AvgIpc) is 3.12. The molecule has 2 heterocycles. The number of phenolic OH excluding ortho intramolecular Hbond substituents is 2. The summed E-state index contributed by atoms with van der Waals surface area (Å²) in [6.45, 7) is 3.91. The minimum Gasteiger partial charge on any atom is -0.507 e. The van der Waals surface area contributed by atoms with Gasteiger partial charge >= 0.3 is 0 Å². The van der Waals surface area contributed by atoms with Crippen LogP contribution in [0.25, 0.3) is 22.3 Å². The van der Waals surface area contributed by atoms with E-state index in [1.165, 1.54) is 0 Å². The van der Waals surface area contributed by atoms with Crippen molar-refractivity contribution < 1.29 is 33.1 Å². The maximum Gasteiger partial charge on any atom is 0.282 e. The normalized spacial score (nSPS) is 18.4. The molecule has 0 saturated heterocycles. The zero-order valence-electron chi connectivity index (χ0n) is 28.2. The lowest BCUT2D eigenvalue weighted by Gasteiger charge is -2.29. The van der Waals surface area contributed by atoms with Gasteiger partial charge in [-0.15, -0.1) is 0 Å². The lowest BCUT2D eigenvalue weighted by atomic mass is 10.0. The fourth-order valence-corrected chi connectivity index (χ4v) is 12.0. The quantitative estimate of drug-likeness (QED) is 0.151. The van der Waals surface area contributed by atoms with Crippen molar-refractivity contribution in [2.75, 3.05) is 0 Å². The van der Waals surface area contributed by atoms with Gasteiger partial charge in [-0.1, -0.05) is 108 Å². The van der Waals surface area contributed by atoms with Gasteiger partial charge in [-0.3, -0.25) is 9.13 Å². The maximum atomic E-state index is 14.5. The molecule has 8 rings (SSSR count). The van der Waals surface area contributed by atoms with E-state index >= 15 is 0 Å². The molecule has 0 aromatic heterocycles. The van der Waals surface area contributed by atoms with E-state index < -0.39 is 14.7 Å². The van der Waals surface area contributed by atoms with E-state index in [9.17, 15) is 19.3 Å². The van der Waals surface area contributed by atoms with E-state index in [0.717, 1.165) is 33.4 Å². The minimum absolute atomic E-state index is 0.00333.